The van der Waals surface area contributed by atoms with Crippen molar-refractivity contribution in [3.8, 4) is 11.5 Å². The van der Waals surface area contributed by atoms with Gasteiger partial charge in [0.25, 0.3) is 5.91 Å². The number of carboxylic acids is 1. The van der Waals surface area contributed by atoms with Crippen LogP contribution in [-0.2, 0) is 4.79 Å². The molecular formula is C12H13NO5. The Morgan fingerprint density at radius 2 is 2.17 bits per heavy atom. The number of aromatic hydroxyl groups is 1. The fourth-order valence-electron chi connectivity index (χ4n) is 1.23. The molecule has 0 bridgehead atoms. The Labute approximate surface area is 104 Å². The van der Waals surface area contributed by atoms with Gasteiger partial charge in [-0.2, -0.15) is 0 Å². The Balaban J connectivity index is 2.69. The molecule has 0 spiro atoms. The van der Waals surface area contributed by atoms with Crippen LogP contribution in [0.15, 0.2) is 30.4 Å². The fourth-order valence-corrected chi connectivity index (χ4v) is 1.23. The lowest BCUT2D eigenvalue weighted by atomic mass is 10.1. The standard InChI is InChI=1S/C12H13NO5/c1-18-8-4-5-10(14)9(7-8)12(17)13-6-2-3-11(15)16/h2-5,7,14H,6H2,1H3,(H,13,17)(H,15,16)/b3-2+. The Hall–Kier alpha value is -2.50. The van der Waals surface area contributed by atoms with Crippen LogP contribution in [0.1, 0.15) is 10.4 Å². The van der Waals surface area contributed by atoms with Crippen LogP contribution in [0.25, 0.3) is 0 Å². The number of carboxylic acid groups (broad SMARTS) is 1. The molecular weight excluding hydrogens is 238 g/mol. The number of amides is 1. The molecule has 0 saturated heterocycles. The van der Waals surface area contributed by atoms with Crippen LogP contribution in [0, 0.1) is 0 Å². The number of benzene rings is 1. The molecule has 0 radical (unpaired) electrons. The van der Waals surface area contributed by atoms with Gasteiger partial charge in [0.1, 0.15) is 11.5 Å². The van der Waals surface area contributed by atoms with E-state index in [2.05, 4.69) is 5.32 Å². The van der Waals surface area contributed by atoms with Crippen LogP contribution in [0.2, 0.25) is 0 Å². The molecule has 3 N–H and O–H groups in total. The maximum Gasteiger partial charge on any atom is 0.328 e. The molecule has 0 aromatic heterocycles. The van der Waals surface area contributed by atoms with Crippen LogP contribution in [0.4, 0.5) is 0 Å². The van der Waals surface area contributed by atoms with Crippen LogP contribution >= 0.6 is 0 Å². The molecule has 0 unspecified atom stereocenters. The van der Waals surface area contributed by atoms with Gasteiger partial charge in [-0.25, -0.2) is 4.79 Å². The second-order valence-corrected chi connectivity index (χ2v) is 3.33. The number of hydrogen-bond acceptors (Lipinski definition) is 4. The van der Waals surface area contributed by atoms with E-state index in [4.69, 9.17) is 9.84 Å². The van der Waals surface area contributed by atoms with E-state index in [1.807, 2.05) is 0 Å². The quantitative estimate of drug-likeness (QED) is 0.672. The van der Waals surface area contributed by atoms with Crippen molar-refractivity contribution in [2.24, 2.45) is 0 Å². The lowest BCUT2D eigenvalue weighted by molar-refractivity contribution is -0.131. The number of carbonyl (C=O) groups is 2. The zero-order valence-corrected chi connectivity index (χ0v) is 9.71. The zero-order chi connectivity index (χ0) is 13.5. The summed E-state index contributed by atoms with van der Waals surface area (Å²) in [6, 6.07) is 4.27. The molecule has 1 aromatic rings. The van der Waals surface area contributed by atoms with E-state index in [1.165, 1.54) is 31.4 Å². The summed E-state index contributed by atoms with van der Waals surface area (Å²) in [5, 5.41) is 20.3. The summed E-state index contributed by atoms with van der Waals surface area (Å²) in [5.41, 5.74) is 0.0677. The van der Waals surface area contributed by atoms with Gasteiger partial charge in [0.2, 0.25) is 0 Å². The summed E-state index contributed by atoms with van der Waals surface area (Å²) in [4.78, 5) is 21.9. The van der Waals surface area contributed by atoms with E-state index in [1.54, 1.807) is 0 Å². The number of rotatable bonds is 5. The second-order valence-electron chi connectivity index (χ2n) is 3.33. The molecule has 0 saturated carbocycles. The number of aliphatic carboxylic acids is 1. The van der Waals surface area contributed by atoms with Crippen molar-refractivity contribution in [3.63, 3.8) is 0 Å². The fraction of sp³-hybridized carbons (Fsp3) is 0.167. The summed E-state index contributed by atoms with van der Waals surface area (Å²) in [6.07, 6.45) is 2.21. The van der Waals surface area contributed by atoms with Crippen molar-refractivity contribution in [2.45, 2.75) is 0 Å². The molecule has 6 nitrogen and oxygen atoms in total. The van der Waals surface area contributed by atoms with Crippen molar-refractivity contribution < 1.29 is 24.5 Å². The van der Waals surface area contributed by atoms with Crippen molar-refractivity contribution >= 4 is 11.9 Å². The van der Waals surface area contributed by atoms with Gasteiger partial charge < -0.3 is 20.3 Å². The first-order valence-corrected chi connectivity index (χ1v) is 5.09. The zero-order valence-electron chi connectivity index (χ0n) is 9.71. The van der Waals surface area contributed by atoms with Crippen LogP contribution in [-0.4, -0.2) is 35.7 Å². The Morgan fingerprint density at radius 3 is 2.78 bits per heavy atom. The Morgan fingerprint density at radius 1 is 1.44 bits per heavy atom. The minimum absolute atomic E-state index is 0.0573. The number of phenols is 1. The molecule has 0 aliphatic rings. The third-order valence-electron chi connectivity index (χ3n) is 2.09. The number of hydrogen-bond donors (Lipinski definition) is 3. The van der Waals surface area contributed by atoms with Crippen molar-refractivity contribution in [1.82, 2.24) is 5.32 Å². The largest absolute Gasteiger partial charge is 0.507 e. The lowest BCUT2D eigenvalue weighted by Crippen LogP contribution is -2.23. The summed E-state index contributed by atoms with van der Waals surface area (Å²) < 4.78 is 4.93. The van der Waals surface area contributed by atoms with Gasteiger partial charge in [0.15, 0.2) is 0 Å². The van der Waals surface area contributed by atoms with E-state index < -0.39 is 11.9 Å². The van der Waals surface area contributed by atoms with Gasteiger partial charge in [-0.3, -0.25) is 4.79 Å². The first kappa shape index (κ1) is 13.6. The lowest BCUT2D eigenvalue weighted by Gasteiger charge is -2.06. The summed E-state index contributed by atoms with van der Waals surface area (Å²) in [6.45, 7) is 0.0573. The van der Waals surface area contributed by atoms with Crippen LogP contribution < -0.4 is 10.1 Å². The predicted molar refractivity (Wildman–Crippen MR) is 63.8 cm³/mol. The highest BCUT2D eigenvalue weighted by atomic mass is 16.5. The smallest absolute Gasteiger partial charge is 0.328 e. The second kappa shape index (κ2) is 6.29. The highest BCUT2D eigenvalue weighted by Crippen LogP contribution is 2.22. The van der Waals surface area contributed by atoms with Gasteiger partial charge in [-0.05, 0) is 18.2 Å². The van der Waals surface area contributed by atoms with Crippen LogP contribution in [0.3, 0.4) is 0 Å². The molecule has 0 aliphatic carbocycles. The molecule has 0 aliphatic heterocycles. The maximum atomic E-state index is 11.7. The molecule has 1 aromatic carbocycles. The topological polar surface area (TPSA) is 95.9 Å². The molecule has 0 heterocycles. The van der Waals surface area contributed by atoms with Gasteiger partial charge >= 0.3 is 5.97 Å². The van der Waals surface area contributed by atoms with Gasteiger partial charge in [-0.1, -0.05) is 6.08 Å². The monoisotopic (exact) mass is 251 g/mol. The van der Waals surface area contributed by atoms with Crippen molar-refractivity contribution in [1.29, 1.82) is 0 Å². The van der Waals surface area contributed by atoms with Gasteiger partial charge in [-0.15, -0.1) is 0 Å². The van der Waals surface area contributed by atoms with E-state index in [0.29, 0.717) is 5.75 Å². The molecule has 6 heteroatoms. The first-order chi connectivity index (χ1) is 8.54. The molecule has 1 rings (SSSR count). The third-order valence-corrected chi connectivity index (χ3v) is 2.09. The van der Waals surface area contributed by atoms with Crippen molar-refractivity contribution in [3.05, 3.63) is 35.9 Å². The third kappa shape index (κ3) is 3.82. The number of nitrogens with one attached hydrogen (secondary N) is 1. The normalized spacial score (nSPS) is 10.3. The first-order valence-electron chi connectivity index (χ1n) is 5.09. The number of phenolic OH excluding ortho intramolecular Hbond substituents is 1. The summed E-state index contributed by atoms with van der Waals surface area (Å²) in [5.74, 6) is -1.33. The average molecular weight is 251 g/mol. The van der Waals surface area contributed by atoms with E-state index in [9.17, 15) is 14.7 Å². The molecule has 0 fully saturated rings. The van der Waals surface area contributed by atoms with E-state index in [0.717, 1.165) is 6.08 Å². The minimum atomic E-state index is -1.09. The van der Waals surface area contributed by atoms with Crippen LogP contribution in [0.5, 0.6) is 11.5 Å². The highest BCUT2D eigenvalue weighted by Gasteiger charge is 2.11. The highest BCUT2D eigenvalue weighted by molar-refractivity contribution is 5.97. The molecule has 0 atom stereocenters. The van der Waals surface area contributed by atoms with Crippen molar-refractivity contribution in [2.75, 3.05) is 13.7 Å². The SMILES string of the molecule is COc1ccc(O)c(C(=O)NC/C=C/C(=O)O)c1. The maximum absolute atomic E-state index is 11.7. The number of carbonyl (C=O) groups excluding carboxylic acids is 1. The Kier molecular flexibility index (Phi) is 4.74. The van der Waals surface area contributed by atoms with E-state index in [-0.39, 0.29) is 17.9 Å². The molecule has 96 valence electrons. The number of ether oxygens (including phenoxy) is 1. The summed E-state index contributed by atoms with van der Waals surface area (Å²) in [7, 11) is 1.45. The average Bonchev–Trinajstić information content (AvgIpc) is 2.34. The molecule has 1 amide bonds. The van der Waals surface area contributed by atoms with Gasteiger partial charge in [0.05, 0.1) is 12.7 Å². The van der Waals surface area contributed by atoms with Gasteiger partial charge in [0, 0.05) is 12.6 Å². The number of methoxy groups -OCH3 is 1. The summed E-state index contributed by atoms with van der Waals surface area (Å²) >= 11 is 0. The Bertz CT molecular complexity index is 481. The van der Waals surface area contributed by atoms with E-state index >= 15 is 0 Å². The predicted octanol–water partition coefficient (Wildman–Crippen LogP) is 0.771. The minimum Gasteiger partial charge on any atom is -0.507 e. The molecule has 18 heavy (non-hydrogen) atoms.